The molecule has 0 radical (unpaired) electrons. The summed E-state index contributed by atoms with van der Waals surface area (Å²) in [4.78, 5) is 13.7. The summed E-state index contributed by atoms with van der Waals surface area (Å²) in [5, 5.41) is 9.20. The van der Waals surface area contributed by atoms with Gasteiger partial charge in [0.2, 0.25) is 0 Å². The van der Waals surface area contributed by atoms with E-state index in [-0.39, 0.29) is 27.7 Å². The van der Waals surface area contributed by atoms with E-state index in [9.17, 15) is 22.4 Å². The topological polar surface area (TPSA) is 53.1 Å². The molecule has 3 nitrogen and oxygen atoms in total. The van der Waals surface area contributed by atoms with Crippen LogP contribution in [0.2, 0.25) is 0 Å². The molecule has 0 aliphatic carbocycles. The number of carboxylic acid groups (broad SMARTS) is 1. The number of carboxylic acids is 1. The maximum atomic E-state index is 14.1. The summed E-state index contributed by atoms with van der Waals surface area (Å²) >= 11 is 0. The molecule has 0 amide bonds. The normalized spacial score (nSPS) is 11.8. The van der Waals surface area contributed by atoms with Gasteiger partial charge < -0.3 is 10.1 Å². The van der Waals surface area contributed by atoms with E-state index in [2.05, 4.69) is 4.98 Å². The number of para-hydroxylation sites is 1. The van der Waals surface area contributed by atoms with Gasteiger partial charge in [0.15, 0.2) is 0 Å². The molecule has 7 heteroatoms. The molecule has 0 atom stereocenters. The van der Waals surface area contributed by atoms with Crippen LogP contribution in [0.4, 0.5) is 17.6 Å². The van der Waals surface area contributed by atoms with Crippen molar-refractivity contribution in [2.75, 3.05) is 0 Å². The number of rotatable bonds is 3. The minimum atomic E-state index is -4.61. The van der Waals surface area contributed by atoms with E-state index in [4.69, 9.17) is 5.11 Å². The van der Waals surface area contributed by atoms with Crippen LogP contribution in [0, 0.1) is 5.82 Å². The maximum Gasteiger partial charge on any atom is 0.418 e. The van der Waals surface area contributed by atoms with Crippen molar-refractivity contribution in [3.8, 4) is 11.3 Å². The van der Waals surface area contributed by atoms with Crippen LogP contribution in [0.25, 0.3) is 22.2 Å². The van der Waals surface area contributed by atoms with Crippen LogP contribution in [0.5, 0.6) is 0 Å². The molecule has 24 heavy (non-hydrogen) atoms. The number of fused-ring (bicyclic) bond motifs is 1. The molecule has 2 aromatic carbocycles. The van der Waals surface area contributed by atoms with Crippen molar-refractivity contribution in [3.63, 3.8) is 0 Å². The number of halogens is 4. The minimum absolute atomic E-state index is 0.0260. The second-order valence-electron chi connectivity index (χ2n) is 5.25. The van der Waals surface area contributed by atoms with Gasteiger partial charge in [-0.25, -0.2) is 4.39 Å². The number of hydrogen-bond acceptors (Lipinski definition) is 1. The highest BCUT2D eigenvalue weighted by atomic mass is 19.4. The van der Waals surface area contributed by atoms with Crippen molar-refractivity contribution >= 4 is 16.9 Å². The number of benzene rings is 2. The minimum Gasteiger partial charge on any atom is -0.481 e. The van der Waals surface area contributed by atoms with E-state index in [1.54, 1.807) is 0 Å². The van der Waals surface area contributed by atoms with Crippen molar-refractivity contribution in [2.24, 2.45) is 0 Å². The highest BCUT2D eigenvalue weighted by molar-refractivity contribution is 5.95. The largest absolute Gasteiger partial charge is 0.481 e. The summed E-state index contributed by atoms with van der Waals surface area (Å²) in [7, 11) is 0. The Morgan fingerprint density at radius 1 is 1.08 bits per heavy atom. The SMILES string of the molecule is O=C(O)Cc1c(-c2ccccc2F)[nH]c2c(C(F)(F)F)cccc12. The quantitative estimate of drug-likeness (QED) is 0.685. The number of H-pyrrole nitrogens is 1. The fraction of sp³-hybridized carbons (Fsp3) is 0.118. The first-order chi connectivity index (χ1) is 11.3. The lowest BCUT2D eigenvalue weighted by atomic mass is 10.0. The van der Waals surface area contributed by atoms with E-state index in [1.807, 2.05) is 0 Å². The zero-order valence-corrected chi connectivity index (χ0v) is 12.1. The van der Waals surface area contributed by atoms with Crippen molar-refractivity contribution in [1.29, 1.82) is 0 Å². The molecular formula is C17H11F4NO2. The number of carbonyl (C=O) groups is 1. The van der Waals surface area contributed by atoms with Gasteiger partial charge in [-0.1, -0.05) is 24.3 Å². The van der Waals surface area contributed by atoms with E-state index in [0.717, 1.165) is 12.1 Å². The molecule has 0 fully saturated rings. The van der Waals surface area contributed by atoms with E-state index in [1.165, 1.54) is 30.3 Å². The zero-order valence-electron chi connectivity index (χ0n) is 12.1. The van der Waals surface area contributed by atoms with E-state index >= 15 is 0 Å². The molecule has 0 saturated heterocycles. The molecule has 124 valence electrons. The summed E-state index contributed by atoms with van der Waals surface area (Å²) in [6, 6.07) is 9.01. The number of aromatic nitrogens is 1. The standard InChI is InChI=1S/C17H11F4NO2/c18-13-7-2-1-4-10(13)15-11(8-14(23)24)9-5-3-6-12(16(9)22-15)17(19,20)21/h1-7,22H,8H2,(H,23,24). The molecule has 0 bridgehead atoms. The Hall–Kier alpha value is -2.83. The van der Waals surface area contributed by atoms with E-state index in [0.29, 0.717) is 0 Å². The third-order valence-corrected chi connectivity index (χ3v) is 3.72. The van der Waals surface area contributed by atoms with Crippen LogP contribution in [-0.4, -0.2) is 16.1 Å². The predicted octanol–water partition coefficient (Wildman–Crippen LogP) is 4.62. The molecule has 3 rings (SSSR count). The second kappa shape index (κ2) is 5.67. The Balaban J connectivity index is 2.36. The van der Waals surface area contributed by atoms with Crippen molar-refractivity contribution < 1.29 is 27.5 Å². The van der Waals surface area contributed by atoms with Crippen molar-refractivity contribution in [3.05, 3.63) is 59.4 Å². The van der Waals surface area contributed by atoms with Gasteiger partial charge in [-0.3, -0.25) is 4.79 Å². The molecule has 0 aliphatic heterocycles. The Bertz CT molecular complexity index is 928. The molecule has 0 spiro atoms. The van der Waals surface area contributed by atoms with Crippen LogP contribution in [0.1, 0.15) is 11.1 Å². The summed E-state index contributed by atoms with van der Waals surface area (Å²) in [5.74, 6) is -1.87. The smallest absolute Gasteiger partial charge is 0.418 e. The summed E-state index contributed by atoms with van der Waals surface area (Å²) in [6.45, 7) is 0. The number of alkyl halides is 3. The van der Waals surface area contributed by atoms with Gasteiger partial charge in [0.05, 0.1) is 23.2 Å². The zero-order chi connectivity index (χ0) is 17.5. The van der Waals surface area contributed by atoms with Gasteiger partial charge >= 0.3 is 12.1 Å². The molecule has 3 aromatic rings. The van der Waals surface area contributed by atoms with Crippen molar-refractivity contribution in [2.45, 2.75) is 12.6 Å². The molecule has 1 heterocycles. The highest BCUT2D eigenvalue weighted by Crippen LogP contribution is 2.39. The monoisotopic (exact) mass is 337 g/mol. The van der Waals surface area contributed by atoms with Gasteiger partial charge in [0.25, 0.3) is 0 Å². The summed E-state index contributed by atoms with van der Waals surface area (Å²) in [6.07, 6.45) is -5.14. The average Bonchev–Trinajstić information content (AvgIpc) is 2.84. The molecule has 2 N–H and O–H groups in total. The summed E-state index contributed by atoms with van der Waals surface area (Å²) in [5.41, 5.74) is -0.984. The van der Waals surface area contributed by atoms with Gasteiger partial charge in [-0.15, -0.1) is 0 Å². The fourth-order valence-corrected chi connectivity index (χ4v) is 2.74. The first kappa shape index (κ1) is 16.0. The number of hydrogen-bond donors (Lipinski definition) is 2. The first-order valence-electron chi connectivity index (χ1n) is 6.96. The first-order valence-corrected chi connectivity index (χ1v) is 6.96. The third kappa shape index (κ3) is 2.73. The maximum absolute atomic E-state index is 14.1. The Labute approximate surface area is 133 Å². The predicted molar refractivity (Wildman–Crippen MR) is 80.0 cm³/mol. The second-order valence-corrected chi connectivity index (χ2v) is 5.25. The Morgan fingerprint density at radius 2 is 1.79 bits per heavy atom. The van der Waals surface area contributed by atoms with Gasteiger partial charge in [-0.05, 0) is 23.8 Å². The van der Waals surface area contributed by atoms with Gasteiger partial charge in [0.1, 0.15) is 5.82 Å². The van der Waals surface area contributed by atoms with Crippen molar-refractivity contribution in [1.82, 2.24) is 4.98 Å². The molecule has 0 unspecified atom stereocenters. The van der Waals surface area contributed by atoms with Crippen LogP contribution >= 0.6 is 0 Å². The lowest BCUT2D eigenvalue weighted by Crippen LogP contribution is -2.05. The number of aliphatic carboxylic acids is 1. The van der Waals surface area contributed by atoms with Crippen LogP contribution in [-0.2, 0) is 17.4 Å². The van der Waals surface area contributed by atoms with Gasteiger partial charge in [0, 0.05) is 10.9 Å². The molecule has 1 aromatic heterocycles. The molecule has 0 saturated carbocycles. The molecular weight excluding hydrogens is 326 g/mol. The van der Waals surface area contributed by atoms with Crippen LogP contribution < -0.4 is 0 Å². The Morgan fingerprint density at radius 3 is 2.42 bits per heavy atom. The fourth-order valence-electron chi connectivity index (χ4n) is 2.74. The number of nitrogens with one attached hydrogen (secondary N) is 1. The van der Waals surface area contributed by atoms with Gasteiger partial charge in [-0.2, -0.15) is 13.2 Å². The third-order valence-electron chi connectivity index (χ3n) is 3.72. The number of aromatic amines is 1. The Kier molecular flexibility index (Phi) is 3.79. The lowest BCUT2D eigenvalue weighted by Gasteiger charge is -2.07. The molecule has 0 aliphatic rings. The van der Waals surface area contributed by atoms with Crippen LogP contribution in [0.15, 0.2) is 42.5 Å². The lowest BCUT2D eigenvalue weighted by molar-refractivity contribution is -0.137. The average molecular weight is 337 g/mol. The summed E-state index contributed by atoms with van der Waals surface area (Å²) < 4.78 is 53.6. The van der Waals surface area contributed by atoms with Crippen LogP contribution in [0.3, 0.4) is 0 Å². The highest BCUT2D eigenvalue weighted by Gasteiger charge is 2.34. The van der Waals surface area contributed by atoms with E-state index < -0.39 is 29.9 Å².